The third-order valence-electron chi connectivity index (χ3n) is 9.42. The van der Waals surface area contributed by atoms with E-state index in [-0.39, 0.29) is 59.1 Å². The minimum atomic E-state index is -0.401. The molecule has 182 valence electrons. The zero-order chi connectivity index (χ0) is 23.1. The summed E-state index contributed by atoms with van der Waals surface area (Å²) in [6.07, 6.45) is 4.13. The number of hydrogen-bond donors (Lipinski definition) is 0. The summed E-state index contributed by atoms with van der Waals surface area (Å²) in [6.45, 7) is 5.87. The maximum absolute atomic E-state index is 13.5. The van der Waals surface area contributed by atoms with Crippen molar-refractivity contribution >= 4 is 23.6 Å². The standard InChI is InChI=1S/C24H30N4O6/c29-21-17-13-1-2-14(18(17)22(30)27(21)11-25-3-7-33-8-4-25)16-15(13)19-20(16)24(32)28(23(19)31)12-26-5-9-34-10-6-26/h1-2,13-20H,3-12H2/t13-,14-,15-,16-,17-,18+,19-,20-/m1/s1. The minimum Gasteiger partial charge on any atom is -0.379 e. The van der Waals surface area contributed by atoms with Crippen LogP contribution in [0.2, 0.25) is 0 Å². The van der Waals surface area contributed by atoms with Gasteiger partial charge in [0.1, 0.15) is 0 Å². The molecule has 4 saturated heterocycles. The number of carbonyl (C=O) groups is 4. The van der Waals surface area contributed by atoms with Crippen molar-refractivity contribution in [1.29, 1.82) is 0 Å². The molecule has 10 nitrogen and oxygen atoms in total. The van der Waals surface area contributed by atoms with Gasteiger partial charge >= 0.3 is 0 Å². The summed E-state index contributed by atoms with van der Waals surface area (Å²) in [7, 11) is 0. The van der Waals surface area contributed by atoms with E-state index in [1.807, 2.05) is 0 Å². The average Bonchev–Trinajstić information content (AvgIpc) is 3.21. The largest absolute Gasteiger partial charge is 0.379 e. The van der Waals surface area contributed by atoms with Crippen LogP contribution < -0.4 is 0 Å². The van der Waals surface area contributed by atoms with Crippen LogP contribution in [0.5, 0.6) is 0 Å². The highest BCUT2D eigenvalue weighted by Gasteiger charge is 2.75. The van der Waals surface area contributed by atoms with Gasteiger partial charge in [0.2, 0.25) is 23.6 Å². The molecule has 0 aromatic carbocycles. The molecule has 0 spiro atoms. The fourth-order valence-electron chi connectivity index (χ4n) is 7.89. The molecule has 0 aromatic rings. The van der Waals surface area contributed by atoms with Crippen LogP contribution in [0.15, 0.2) is 12.2 Å². The Bertz CT molecular complexity index is 917. The first-order chi connectivity index (χ1) is 16.6. The molecule has 8 atom stereocenters. The summed E-state index contributed by atoms with van der Waals surface area (Å²) in [5.41, 5.74) is 0. The zero-order valence-corrected chi connectivity index (χ0v) is 19.1. The van der Waals surface area contributed by atoms with Gasteiger partial charge in [0.25, 0.3) is 0 Å². The van der Waals surface area contributed by atoms with Gasteiger partial charge < -0.3 is 9.47 Å². The molecule has 4 amide bonds. The summed E-state index contributed by atoms with van der Waals surface area (Å²) in [5.74, 6) is -2.25. The van der Waals surface area contributed by atoms with Crippen LogP contribution in [0.25, 0.3) is 0 Å². The number of ether oxygens (including phenoxy) is 2. The lowest BCUT2D eigenvalue weighted by molar-refractivity contribution is -0.166. The van der Waals surface area contributed by atoms with Crippen LogP contribution in [0.1, 0.15) is 0 Å². The van der Waals surface area contributed by atoms with Gasteiger partial charge in [0.05, 0.1) is 63.4 Å². The topological polar surface area (TPSA) is 99.7 Å². The third-order valence-corrected chi connectivity index (χ3v) is 9.42. The number of imide groups is 2. The predicted octanol–water partition coefficient (Wildman–Crippen LogP) is -1.17. The number of fused-ring (bicyclic) bond motifs is 1. The number of hydrogen-bond acceptors (Lipinski definition) is 8. The lowest BCUT2D eigenvalue weighted by atomic mass is 9.40. The normalized spacial score (nSPS) is 43.9. The van der Waals surface area contributed by atoms with Crippen LogP contribution in [0.4, 0.5) is 0 Å². The number of rotatable bonds is 4. The fraction of sp³-hybridized carbons (Fsp3) is 0.750. The Hall–Kier alpha value is -2.14. The van der Waals surface area contributed by atoms with Gasteiger partial charge in [0.15, 0.2) is 0 Å². The lowest BCUT2D eigenvalue weighted by Crippen LogP contribution is -2.63. The van der Waals surface area contributed by atoms with Crippen LogP contribution >= 0.6 is 0 Å². The van der Waals surface area contributed by atoms with Crippen molar-refractivity contribution in [2.24, 2.45) is 47.3 Å². The Balaban J connectivity index is 1.13. The minimum absolute atomic E-state index is 0.0209. The predicted molar refractivity (Wildman–Crippen MR) is 115 cm³/mol. The molecule has 6 fully saturated rings. The molecule has 0 N–H and O–H groups in total. The SMILES string of the molecule is O=C1[C@@H]2[C@@H]3C=C[C@@H]([C@@H]2C(=O)N1CN1CCOCC1)[C@H]1[C@H]2C(=O)N(CN4CCOCC4)C(=O)[C@@H]2[C@H]31. The van der Waals surface area contributed by atoms with E-state index in [1.165, 1.54) is 9.80 Å². The van der Waals surface area contributed by atoms with Gasteiger partial charge in [-0.1, -0.05) is 12.2 Å². The second-order valence-electron chi connectivity index (χ2n) is 10.8. The molecule has 0 radical (unpaired) electrons. The van der Waals surface area contributed by atoms with Crippen molar-refractivity contribution in [3.63, 3.8) is 0 Å². The van der Waals surface area contributed by atoms with Crippen LogP contribution in [0, 0.1) is 47.3 Å². The molecule has 0 aromatic heterocycles. The van der Waals surface area contributed by atoms with Gasteiger partial charge in [-0.2, -0.15) is 0 Å². The Morgan fingerprint density at radius 2 is 0.941 bits per heavy atom. The maximum atomic E-state index is 13.5. The molecule has 8 rings (SSSR count). The fourth-order valence-corrected chi connectivity index (χ4v) is 7.89. The number of morpholine rings is 2. The van der Waals surface area contributed by atoms with Gasteiger partial charge in [-0.15, -0.1) is 0 Å². The summed E-state index contributed by atoms with van der Waals surface area (Å²) < 4.78 is 10.8. The van der Waals surface area contributed by atoms with Crippen molar-refractivity contribution in [2.45, 2.75) is 0 Å². The highest BCUT2D eigenvalue weighted by molar-refractivity contribution is 6.09. The Morgan fingerprint density at radius 1 is 0.588 bits per heavy atom. The smallest absolute Gasteiger partial charge is 0.234 e. The van der Waals surface area contributed by atoms with E-state index < -0.39 is 11.8 Å². The number of allylic oxidation sites excluding steroid dienone is 2. The molecule has 2 saturated carbocycles. The first-order valence-electron chi connectivity index (χ1n) is 12.6. The molecule has 4 aliphatic carbocycles. The Labute approximate surface area is 197 Å². The molecule has 8 aliphatic rings. The van der Waals surface area contributed by atoms with Gasteiger partial charge in [-0.3, -0.25) is 38.8 Å². The van der Waals surface area contributed by atoms with Crippen LogP contribution in [0.3, 0.4) is 0 Å². The molecule has 2 bridgehead atoms. The van der Waals surface area contributed by atoms with E-state index in [1.54, 1.807) is 0 Å². The van der Waals surface area contributed by atoms with Crippen molar-refractivity contribution in [2.75, 3.05) is 65.9 Å². The molecule has 0 unspecified atom stereocenters. The van der Waals surface area contributed by atoms with Crippen molar-refractivity contribution in [1.82, 2.24) is 19.6 Å². The molecular formula is C24H30N4O6. The zero-order valence-electron chi connectivity index (χ0n) is 19.1. The number of likely N-dealkylation sites (tertiary alicyclic amines) is 2. The Kier molecular flexibility index (Phi) is 4.78. The van der Waals surface area contributed by atoms with E-state index in [9.17, 15) is 19.2 Å². The van der Waals surface area contributed by atoms with E-state index in [0.29, 0.717) is 65.9 Å². The first kappa shape index (κ1) is 21.2. The summed E-state index contributed by atoms with van der Waals surface area (Å²) in [6, 6.07) is 0. The third kappa shape index (κ3) is 2.76. The van der Waals surface area contributed by atoms with Crippen molar-refractivity contribution in [3.8, 4) is 0 Å². The quantitative estimate of drug-likeness (QED) is 0.375. The van der Waals surface area contributed by atoms with Crippen molar-refractivity contribution in [3.05, 3.63) is 12.2 Å². The average molecular weight is 471 g/mol. The second kappa shape index (κ2) is 7.68. The van der Waals surface area contributed by atoms with Crippen LogP contribution in [-0.4, -0.2) is 109 Å². The highest BCUT2D eigenvalue weighted by atomic mass is 16.5. The van der Waals surface area contributed by atoms with Gasteiger partial charge in [-0.25, -0.2) is 0 Å². The molecule has 4 aliphatic heterocycles. The Morgan fingerprint density at radius 3 is 1.32 bits per heavy atom. The van der Waals surface area contributed by atoms with Crippen LogP contribution in [-0.2, 0) is 28.7 Å². The summed E-state index contributed by atoms with van der Waals surface area (Å²) in [5, 5.41) is 0. The van der Waals surface area contributed by atoms with Crippen molar-refractivity contribution < 1.29 is 28.7 Å². The van der Waals surface area contributed by atoms with E-state index in [0.717, 1.165) is 0 Å². The molecule has 4 heterocycles. The molecular weight excluding hydrogens is 440 g/mol. The second-order valence-corrected chi connectivity index (χ2v) is 10.8. The van der Waals surface area contributed by atoms with Gasteiger partial charge in [0, 0.05) is 26.2 Å². The highest BCUT2D eigenvalue weighted by Crippen LogP contribution is 2.68. The molecule has 34 heavy (non-hydrogen) atoms. The lowest BCUT2D eigenvalue weighted by Gasteiger charge is -2.60. The van der Waals surface area contributed by atoms with E-state index in [4.69, 9.17) is 9.47 Å². The number of nitrogens with zero attached hydrogens (tertiary/aromatic N) is 4. The number of amides is 4. The molecule has 10 heteroatoms. The monoisotopic (exact) mass is 470 g/mol. The van der Waals surface area contributed by atoms with Gasteiger partial charge in [-0.05, 0) is 23.7 Å². The summed E-state index contributed by atoms with van der Waals surface area (Å²) in [4.78, 5) is 60.8. The first-order valence-corrected chi connectivity index (χ1v) is 12.6. The maximum Gasteiger partial charge on any atom is 0.234 e. The number of carbonyl (C=O) groups excluding carboxylic acids is 4. The van der Waals surface area contributed by atoms with E-state index in [2.05, 4.69) is 22.0 Å². The summed E-state index contributed by atoms with van der Waals surface area (Å²) >= 11 is 0. The van der Waals surface area contributed by atoms with E-state index >= 15 is 0 Å².